The normalized spacial score (nSPS) is 11.2. The lowest BCUT2D eigenvalue weighted by atomic mass is 10.0. The second-order valence-corrected chi connectivity index (χ2v) is 6.30. The van der Waals surface area contributed by atoms with E-state index in [9.17, 15) is 22.8 Å². The molecule has 0 unspecified atom stereocenters. The van der Waals surface area contributed by atoms with Gasteiger partial charge in [-0.25, -0.2) is 4.79 Å². The molecule has 4 nitrogen and oxygen atoms in total. The molecule has 0 atom stereocenters. The lowest BCUT2D eigenvalue weighted by molar-refractivity contribution is -0.139. The van der Waals surface area contributed by atoms with Gasteiger partial charge >= 0.3 is 11.5 Å². The number of ether oxygens (including phenoxy) is 1. The summed E-state index contributed by atoms with van der Waals surface area (Å²) < 4.78 is 42.5. The predicted molar refractivity (Wildman–Crippen MR) is 86.4 cm³/mol. The van der Waals surface area contributed by atoms with Crippen LogP contribution in [0.3, 0.4) is 0 Å². The van der Waals surface area contributed by atoms with E-state index in [1.54, 1.807) is 0 Å². The topological polar surface area (TPSA) is 63.6 Å². The molecule has 9 heteroatoms. The van der Waals surface area contributed by atoms with Gasteiger partial charge in [-0.2, -0.15) is 13.2 Å². The number of hydrogen-bond acceptors (Lipinski definition) is 4. The quantitative estimate of drug-likeness (QED) is 0.574. The molecule has 0 amide bonds. The van der Waals surface area contributed by atoms with Gasteiger partial charge in [0.25, 0.3) is 0 Å². The van der Waals surface area contributed by atoms with E-state index in [-0.39, 0.29) is 38.6 Å². The number of ketones is 1. The van der Waals surface area contributed by atoms with E-state index in [0.29, 0.717) is 0 Å². The first-order valence-electron chi connectivity index (χ1n) is 6.70. The summed E-state index contributed by atoms with van der Waals surface area (Å²) in [4.78, 5) is 23.1. The van der Waals surface area contributed by atoms with E-state index in [0.717, 1.165) is 6.07 Å². The molecule has 0 heterocycles. The number of thioether (sulfide) groups is 1. The summed E-state index contributed by atoms with van der Waals surface area (Å²) in [7, 11) is 0. The van der Waals surface area contributed by atoms with Crippen LogP contribution in [0.4, 0.5) is 13.2 Å². The molecule has 1 N–H and O–H groups in total. The molecule has 2 aromatic carbocycles. The SMILES string of the molecule is O=C(O)COc1ccc(Cl)cc1C(=O)c1cccc(SC(F)(F)F)c1. The lowest BCUT2D eigenvalue weighted by Crippen LogP contribution is -2.12. The fraction of sp³-hybridized carbons (Fsp3) is 0.125. The van der Waals surface area contributed by atoms with Crippen molar-refractivity contribution < 1.29 is 32.6 Å². The number of benzene rings is 2. The van der Waals surface area contributed by atoms with Crippen LogP contribution in [0.5, 0.6) is 5.75 Å². The van der Waals surface area contributed by atoms with Gasteiger partial charge < -0.3 is 9.84 Å². The van der Waals surface area contributed by atoms with Crippen molar-refractivity contribution in [1.82, 2.24) is 0 Å². The summed E-state index contributed by atoms with van der Waals surface area (Å²) >= 11 is 5.51. The molecule has 132 valence electrons. The summed E-state index contributed by atoms with van der Waals surface area (Å²) in [5.74, 6) is -1.89. The van der Waals surface area contributed by atoms with Crippen LogP contribution in [0.2, 0.25) is 5.02 Å². The highest BCUT2D eigenvalue weighted by molar-refractivity contribution is 8.00. The Morgan fingerprint density at radius 3 is 2.52 bits per heavy atom. The first kappa shape index (κ1) is 19.1. The molecule has 0 aliphatic carbocycles. The molecule has 0 fully saturated rings. The smallest absolute Gasteiger partial charge is 0.446 e. The molecule has 0 bridgehead atoms. The van der Waals surface area contributed by atoms with Crippen LogP contribution < -0.4 is 4.74 Å². The van der Waals surface area contributed by atoms with Gasteiger partial charge in [-0.1, -0.05) is 23.7 Å². The summed E-state index contributed by atoms with van der Waals surface area (Å²) in [5.41, 5.74) is -4.52. The zero-order chi connectivity index (χ0) is 18.6. The first-order valence-corrected chi connectivity index (χ1v) is 7.90. The molecule has 2 rings (SSSR count). The largest absolute Gasteiger partial charge is 0.481 e. The minimum absolute atomic E-state index is 0.00306. The molecule has 0 aliphatic heterocycles. The van der Waals surface area contributed by atoms with E-state index in [1.165, 1.54) is 36.4 Å². The Kier molecular flexibility index (Phi) is 5.97. The second-order valence-electron chi connectivity index (χ2n) is 4.73. The first-order chi connectivity index (χ1) is 11.7. The Bertz CT molecular complexity index is 808. The second kappa shape index (κ2) is 7.79. The third-order valence-electron chi connectivity index (χ3n) is 2.87. The molecule has 0 aliphatic rings. The Labute approximate surface area is 149 Å². The van der Waals surface area contributed by atoms with Crippen molar-refractivity contribution >= 4 is 35.1 Å². The number of aliphatic carboxylic acids is 1. The molecule has 2 aromatic rings. The average Bonchev–Trinajstić information content (AvgIpc) is 2.51. The minimum Gasteiger partial charge on any atom is -0.481 e. The van der Waals surface area contributed by atoms with Gasteiger partial charge in [-0.15, -0.1) is 0 Å². The highest BCUT2D eigenvalue weighted by atomic mass is 35.5. The number of carboxylic acids is 1. The van der Waals surface area contributed by atoms with E-state index in [1.807, 2.05) is 0 Å². The third kappa shape index (κ3) is 5.68. The number of halogens is 4. The van der Waals surface area contributed by atoms with Crippen molar-refractivity contribution in [2.75, 3.05) is 6.61 Å². The summed E-state index contributed by atoms with van der Waals surface area (Å²) in [6.45, 7) is -0.675. The fourth-order valence-corrected chi connectivity index (χ4v) is 2.71. The number of carbonyl (C=O) groups is 2. The van der Waals surface area contributed by atoms with E-state index >= 15 is 0 Å². The zero-order valence-electron chi connectivity index (χ0n) is 12.3. The Morgan fingerprint density at radius 1 is 1.16 bits per heavy atom. The van der Waals surface area contributed by atoms with Gasteiger partial charge in [0, 0.05) is 15.5 Å². The molecular formula is C16H10ClF3O4S. The van der Waals surface area contributed by atoms with Gasteiger partial charge in [0.05, 0.1) is 5.56 Å². The zero-order valence-corrected chi connectivity index (χ0v) is 13.9. The third-order valence-corrected chi connectivity index (χ3v) is 3.82. The van der Waals surface area contributed by atoms with Gasteiger partial charge in [0.2, 0.25) is 0 Å². The van der Waals surface area contributed by atoms with Crippen LogP contribution in [-0.4, -0.2) is 29.0 Å². The van der Waals surface area contributed by atoms with Crippen LogP contribution >= 0.6 is 23.4 Å². The lowest BCUT2D eigenvalue weighted by Gasteiger charge is -2.11. The van der Waals surface area contributed by atoms with Crippen LogP contribution in [-0.2, 0) is 4.79 Å². The molecule has 0 saturated heterocycles. The molecule has 0 radical (unpaired) electrons. The Balaban J connectivity index is 2.35. The van der Waals surface area contributed by atoms with Gasteiger partial charge in [0.15, 0.2) is 12.4 Å². The predicted octanol–water partition coefficient (Wildman–Crippen LogP) is 4.65. The van der Waals surface area contributed by atoms with Crippen molar-refractivity contribution in [2.45, 2.75) is 10.4 Å². The van der Waals surface area contributed by atoms with Crippen LogP contribution in [0.1, 0.15) is 15.9 Å². The fourth-order valence-electron chi connectivity index (χ4n) is 1.93. The van der Waals surface area contributed by atoms with E-state index in [4.69, 9.17) is 21.4 Å². The summed E-state index contributed by atoms with van der Waals surface area (Å²) in [6.07, 6.45) is 0. The number of carboxylic acid groups (broad SMARTS) is 1. The minimum atomic E-state index is -4.48. The molecule has 25 heavy (non-hydrogen) atoms. The van der Waals surface area contributed by atoms with Crippen LogP contribution in [0.25, 0.3) is 0 Å². The Morgan fingerprint density at radius 2 is 1.88 bits per heavy atom. The van der Waals surface area contributed by atoms with E-state index < -0.39 is 23.9 Å². The number of hydrogen-bond donors (Lipinski definition) is 1. The Hall–Kier alpha value is -2.19. The highest BCUT2D eigenvalue weighted by Crippen LogP contribution is 2.37. The highest BCUT2D eigenvalue weighted by Gasteiger charge is 2.29. The maximum absolute atomic E-state index is 12.6. The number of rotatable bonds is 6. The maximum atomic E-state index is 12.6. The monoisotopic (exact) mass is 390 g/mol. The number of carbonyl (C=O) groups excluding carboxylic acids is 1. The number of alkyl halides is 3. The average molecular weight is 391 g/mol. The summed E-state index contributed by atoms with van der Waals surface area (Å²) in [6, 6.07) is 9.01. The van der Waals surface area contributed by atoms with Crippen molar-refractivity contribution in [3.63, 3.8) is 0 Å². The van der Waals surface area contributed by atoms with Crippen molar-refractivity contribution in [1.29, 1.82) is 0 Å². The molecule has 0 aromatic heterocycles. The maximum Gasteiger partial charge on any atom is 0.446 e. The van der Waals surface area contributed by atoms with Crippen LogP contribution in [0, 0.1) is 0 Å². The standard InChI is InChI=1S/C16H10ClF3O4S/c17-10-4-5-13(24-8-14(21)22)12(7-10)15(23)9-2-1-3-11(6-9)25-16(18,19)20/h1-7H,8H2,(H,21,22). The summed E-state index contributed by atoms with van der Waals surface area (Å²) in [5, 5.41) is 8.88. The van der Waals surface area contributed by atoms with Crippen molar-refractivity contribution in [3.8, 4) is 5.75 Å². The van der Waals surface area contributed by atoms with Crippen molar-refractivity contribution in [2.24, 2.45) is 0 Å². The van der Waals surface area contributed by atoms with Crippen molar-refractivity contribution in [3.05, 3.63) is 58.6 Å². The van der Waals surface area contributed by atoms with Gasteiger partial charge in [-0.05, 0) is 42.1 Å². The van der Waals surface area contributed by atoms with Gasteiger partial charge in [0.1, 0.15) is 5.75 Å². The molecule has 0 saturated carbocycles. The van der Waals surface area contributed by atoms with Gasteiger partial charge in [-0.3, -0.25) is 4.79 Å². The van der Waals surface area contributed by atoms with Crippen LogP contribution in [0.15, 0.2) is 47.4 Å². The molecular weight excluding hydrogens is 381 g/mol. The van der Waals surface area contributed by atoms with E-state index in [2.05, 4.69) is 0 Å². The molecule has 0 spiro atoms.